The molecular formula is C36H26N6Na2O12S3. The number of hydrogen-bond donors (Lipinski definition) is 4. The van der Waals surface area contributed by atoms with E-state index in [0.29, 0.717) is 23.5 Å². The fourth-order valence-electron chi connectivity index (χ4n) is 5.49. The average molecular weight is 877 g/mol. The van der Waals surface area contributed by atoms with Crippen molar-refractivity contribution in [3.8, 4) is 0 Å². The van der Waals surface area contributed by atoms with Crippen LogP contribution < -0.4 is 80.4 Å². The summed E-state index contributed by atoms with van der Waals surface area (Å²) < 4.78 is 100. The fraction of sp³-hybridized carbons (Fsp3) is 0. The zero-order valence-electron chi connectivity index (χ0n) is 30.7. The summed E-state index contributed by atoms with van der Waals surface area (Å²) in [7, 11) is -14.8. The second-order valence-electron chi connectivity index (χ2n) is 11.9. The second kappa shape index (κ2) is 19.0. The van der Waals surface area contributed by atoms with E-state index in [9.17, 15) is 54.6 Å². The van der Waals surface area contributed by atoms with Crippen molar-refractivity contribution >= 4 is 86.9 Å². The van der Waals surface area contributed by atoms with Crippen LogP contribution >= 0.6 is 0 Å². The minimum Gasteiger partial charge on any atom is -0.744 e. The Morgan fingerprint density at radius 2 is 0.729 bits per heavy atom. The first-order chi connectivity index (χ1) is 26.9. The van der Waals surface area contributed by atoms with Crippen molar-refractivity contribution in [2.45, 2.75) is 19.6 Å². The molecule has 6 aromatic rings. The smallest absolute Gasteiger partial charge is 0.744 e. The number of rotatable bonds is 14. The van der Waals surface area contributed by atoms with Crippen LogP contribution in [0.2, 0.25) is 0 Å². The maximum Gasteiger partial charge on any atom is 1.00 e. The largest absolute Gasteiger partial charge is 1.00 e. The molecule has 0 aliphatic rings. The second-order valence-corrected chi connectivity index (χ2v) is 16.6. The van der Waals surface area contributed by atoms with Gasteiger partial charge in [-0.1, -0.05) is 36.4 Å². The third kappa shape index (κ3) is 11.2. The number of anilines is 8. The Hall–Kier alpha value is -4.91. The van der Waals surface area contributed by atoms with Crippen molar-refractivity contribution in [2.24, 2.45) is 0 Å². The van der Waals surface area contributed by atoms with E-state index in [-0.39, 0.29) is 93.2 Å². The summed E-state index contributed by atoms with van der Waals surface area (Å²) in [5.41, 5.74) is -1.46. The molecule has 0 unspecified atom stereocenters. The third-order valence-electron chi connectivity index (χ3n) is 8.12. The van der Waals surface area contributed by atoms with Gasteiger partial charge in [-0.15, -0.1) is 0 Å². The minimum absolute atomic E-state index is 0. The molecule has 292 valence electrons. The molecule has 0 aromatic heterocycles. The van der Waals surface area contributed by atoms with Crippen LogP contribution in [-0.4, -0.2) is 44.2 Å². The number of hydrogen-bond acceptors (Lipinski definition) is 16. The van der Waals surface area contributed by atoms with Gasteiger partial charge in [0.25, 0.3) is 11.4 Å². The predicted octanol–water partition coefficient (Wildman–Crippen LogP) is 1.13. The Labute approximate surface area is 381 Å². The molecule has 23 heteroatoms. The van der Waals surface area contributed by atoms with Crippen molar-refractivity contribution in [3.05, 3.63) is 154 Å². The number of benzene rings is 6. The van der Waals surface area contributed by atoms with E-state index in [2.05, 4.69) is 21.3 Å². The van der Waals surface area contributed by atoms with Crippen LogP contribution in [-0.2, 0) is 30.1 Å². The van der Waals surface area contributed by atoms with Crippen LogP contribution in [0.5, 0.6) is 0 Å². The van der Waals surface area contributed by atoms with E-state index >= 15 is 0 Å². The SMILES string of the molecule is O=[N+]([O-])c1cc(S(=O)(=O)c2ccc(Nc3ccc(Nc4ccccc4)c(S(=O)(=O)[O-])c3)c([N+](=O)[O-])c2)ccc1Nc1ccc(Nc2ccccc2)c(S(=O)(=O)[O-])c1.[Na+].[Na+]. The molecule has 0 fully saturated rings. The molecular weight excluding hydrogens is 851 g/mol. The van der Waals surface area contributed by atoms with E-state index in [1.807, 2.05) is 0 Å². The van der Waals surface area contributed by atoms with Gasteiger partial charge in [-0.3, -0.25) is 20.2 Å². The summed E-state index contributed by atoms with van der Waals surface area (Å²) in [6, 6.07) is 29.2. The Bertz CT molecular complexity index is 2700. The van der Waals surface area contributed by atoms with Gasteiger partial charge in [0.05, 0.1) is 40.8 Å². The van der Waals surface area contributed by atoms with E-state index in [4.69, 9.17) is 0 Å². The Morgan fingerprint density at radius 3 is 1.05 bits per heavy atom. The van der Waals surface area contributed by atoms with Gasteiger partial charge < -0.3 is 30.4 Å². The number of nitro groups is 2. The number of nitrogens with one attached hydrogen (secondary N) is 4. The zero-order valence-corrected chi connectivity index (χ0v) is 37.2. The van der Waals surface area contributed by atoms with Gasteiger partial charge >= 0.3 is 59.1 Å². The van der Waals surface area contributed by atoms with Gasteiger partial charge in [0.1, 0.15) is 31.6 Å². The van der Waals surface area contributed by atoms with Gasteiger partial charge in [-0.2, -0.15) is 0 Å². The molecule has 4 N–H and O–H groups in total. The van der Waals surface area contributed by atoms with Crippen molar-refractivity contribution in [2.75, 3.05) is 21.3 Å². The molecule has 0 bridgehead atoms. The number of nitrogens with zero attached hydrogens (tertiary/aromatic N) is 2. The van der Waals surface area contributed by atoms with Crippen molar-refractivity contribution in [1.82, 2.24) is 0 Å². The fourth-order valence-corrected chi connectivity index (χ4v) is 8.11. The number of sulfone groups is 1. The zero-order chi connectivity index (χ0) is 41.1. The maximum absolute atomic E-state index is 13.7. The first kappa shape index (κ1) is 46.8. The molecule has 6 rings (SSSR count). The van der Waals surface area contributed by atoms with Crippen LogP contribution in [0.15, 0.2) is 153 Å². The van der Waals surface area contributed by atoms with Crippen LogP contribution in [0.3, 0.4) is 0 Å². The van der Waals surface area contributed by atoms with E-state index in [1.165, 1.54) is 24.3 Å². The van der Waals surface area contributed by atoms with Gasteiger partial charge in [0.2, 0.25) is 9.84 Å². The minimum atomic E-state index is -5.06. The summed E-state index contributed by atoms with van der Waals surface area (Å²) in [5.74, 6) is 0. The summed E-state index contributed by atoms with van der Waals surface area (Å²) in [6.45, 7) is 0. The molecule has 0 atom stereocenters. The van der Waals surface area contributed by atoms with E-state index < -0.39 is 70.9 Å². The molecule has 0 aliphatic heterocycles. The average Bonchev–Trinajstić information content (AvgIpc) is 3.16. The quantitative estimate of drug-likeness (QED) is 0.0516. The van der Waals surface area contributed by atoms with Gasteiger partial charge in [0, 0.05) is 34.9 Å². The Kier molecular flexibility index (Phi) is 15.1. The third-order valence-corrected chi connectivity index (χ3v) is 11.6. The summed E-state index contributed by atoms with van der Waals surface area (Å²) in [6.07, 6.45) is 0. The topological polar surface area (TPSA) is 283 Å². The monoisotopic (exact) mass is 876 g/mol. The van der Waals surface area contributed by atoms with Crippen molar-refractivity contribution in [3.63, 3.8) is 0 Å². The maximum atomic E-state index is 13.7. The number of nitro benzene ring substituents is 2. The number of para-hydroxylation sites is 2. The molecule has 0 spiro atoms. The van der Waals surface area contributed by atoms with Crippen LogP contribution in [0, 0.1) is 20.2 Å². The molecule has 18 nitrogen and oxygen atoms in total. The molecule has 0 aliphatic carbocycles. The molecule has 6 aromatic carbocycles. The molecule has 59 heavy (non-hydrogen) atoms. The van der Waals surface area contributed by atoms with E-state index in [1.54, 1.807) is 60.7 Å². The normalized spacial score (nSPS) is 11.3. The van der Waals surface area contributed by atoms with Gasteiger partial charge in [-0.25, -0.2) is 25.3 Å². The molecule has 0 radical (unpaired) electrons. The molecule has 0 saturated heterocycles. The van der Waals surface area contributed by atoms with E-state index in [0.717, 1.165) is 36.4 Å². The first-order valence-corrected chi connectivity index (χ1v) is 20.4. The first-order valence-electron chi connectivity index (χ1n) is 16.1. The summed E-state index contributed by atoms with van der Waals surface area (Å²) in [4.78, 5) is 19.8. The Morgan fingerprint density at radius 1 is 0.407 bits per heavy atom. The Balaban J connectivity index is 0.00000384. The van der Waals surface area contributed by atoms with Crippen LogP contribution in [0.25, 0.3) is 0 Å². The standard InChI is InChI=1S/C36H28N6O12S3.2Na/c43-41(44)33-21-27(13-17-29(33)39-25-11-15-31(35(19-25)56(49,50)51)37-23-7-3-1-4-8-23)55(47,48)28-14-18-30(34(22-28)42(45)46)40-26-12-16-32(36(20-26)57(52,53)54)38-24-9-5-2-6-10-24;;/h1-22,37-40H,(H,49,50,51)(H,52,53,54);;/q;2*+1/p-2. The predicted molar refractivity (Wildman–Crippen MR) is 206 cm³/mol. The molecule has 0 heterocycles. The van der Waals surface area contributed by atoms with Gasteiger partial charge in [-0.05, 0) is 84.9 Å². The van der Waals surface area contributed by atoms with Crippen molar-refractivity contribution < 1.29 is 103 Å². The van der Waals surface area contributed by atoms with Gasteiger partial charge in [0.15, 0.2) is 0 Å². The molecule has 0 amide bonds. The van der Waals surface area contributed by atoms with Crippen LogP contribution in [0.4, 0.5) is 56.9 Å². The van der Waals surface area contributed by atoms with Crippen LogP contribution in [0.1, 0.15) is 0 Å². The summed E-state index contributed by atoms with van der Waals surface area (Å²) in [5, 5.41) is 35.2. The summed E-state index contributed by atoms with van der Waals surface area (Å²) >= 11 is 0. The van der Waals surface area contributed by atoms with Crippen molar-refractivity contribution in [1.29, 1.82) is 0 Å². The molecule has 0 saturated carbocycles.